The molecule has 8 nitrogen and oxygen atoms in total. The third-order valence-electron chi connectivity index (χ3n) is 4.59. The van der Waals surface area contributed by atoms with Crippen molar-refractivity contribution in [2.45, 2.75) is 37.8 Å². The highest BCUT2D eigenvalue weighted by Crippen LogP contribution is 2.37. The number of rotatable bonds is 4. The summed E-state index contributed by atoms with van der Waals surface area (Å²) in [6, 6.07) is 0. The summed E-state index contributed by atoms with van der Waals surface area (Å²) in [5.41, 5.74) is 1.76. The van der Waals surface area contributed by atoms with Crippen molar-refractivity contribution in [3.63, 3.8) is 0 Å². The molecule has 0 aromatic carbocycles. The number of carbonyl (C=O) groups excluding carboxylic acids is 2. The van der Waals surface area contributed by atoms with Gasteiger partial charge in [-0.25, -0.2) is 4.68 Å². The Bertz CT molecular complexity index is 677. The smallest absolute Gasteiger partial charge is 0.314 e. The van der Waals surface area contributed by atoms with Crippen molar-refractivity contribution in [3.05, 3.63) is 11.3 Å². The second-order valence-electron chi connectivity index (χ2n) is 7.67. The number of nitrogens with zero attached hydrogens (tertiary/aromatic N) is 2. The number of thioether (sulfide) groups is 1. The first-order chi connectivity index (χ1) is 12.4. The van der Waals surface area contributed by atoms with Gasteiger partial charge in [0.05, 0.1) is 37.5 Å². The lowest BCUT2D eigenvalue weighted by molar-refractivity contribution is -0.906. The van der Waals surface area contributed by atoms with Crippen molar-refractivity contribution in [1.82, 2.24) is 15.1 Å². The number of quaternary nitrogens is 1. The Labute approximate surface area is 158 Å². The summed E-state index contributed by atoms with van der Waals surface area (Å²) < 4.78 is 7.14. The van der Waals surface area contributed by atoms with E-state index in [2.05, 4.69) is 15.7 Å². The van der Waals surface area contributed by atoms with E-state index in [9.17, 15) is 9.59 Å². The first-order valence-corrected chi connectivity index (χ1v) is 10.2. The first-order valence-electron chi connectivity index (χ1n) is 9.06. The van der Waals surface area contributed by atoms with Crippen molar-refractivity contribution < 1.29 is 19.2 Å². The van der Waals surface area contributed by atoms with Crippen LogP contribution in [0.3, 0.4) is 0 Å². The zero-order valence-electron chi connectivity index (χ0n) is 15.7. The van der Waals surface area contributed by atoms with Gasteiger partial charge in [0.2, 0.25) is 0 Å². The highest BCUT2D eigenvalue weighted by Gasteiger charge is 2.30. The number of hydrogen-bond acceptors (Lipinski definition) is 5. The average Bonchev–Trinajstić information content (AvgIpc) is 3.18. The van der Waals surface area contributed by atoms with E-state index in [0.717, 1.165) is 55.6 Å². The third-order valence-corrected chi connectivity index (χ3v) is 5.56. The topological polar surface area (TPSA) is 89.7 Å². The fourth-order valence-corrected chi connectivity index (χ4v) is 4.17. The number of amides is 2. The van der Waals surface area contributed by atoms with Crippen molar-refractivity contribution in [1.29, 1.82) is 0 Å². The average molecular weight is 383 g/mol. The predicted molar refractivity (Wildman–Crippen MR) is 100 cm³/mol. The minimum atomic E-state index is -0.632. The summed E-state index contributed by atoms with van der Waals surface area (Å²) >= 11 is 1.77. The monoisotopic (exact) mass is 382 g/mol. The zero-order chi connectivity index (χ0) is 18.7. The van der Waals surface area contributed by atoms with Crippen LogP contribution < -0.4 is 15.5 Å². The number of aromatic nitrogens is 2. The van der Waals surface area contributed by atoms with Crippen molar-refractivity contribution in [3.8, 4) is 0 Å². The van der Waals surface area contributed by atoms with Gasteiger partial charge in [-0.3, -0.25) is 9.59 Å². The van der Waals surface area contributed by atoms with Crippen LogP contribution in [-0.2, 0) is 31.4 Å². The Morgan fingerprint density at radius 1 is 1.23 bits per heavy atom. The third kappa shape index (κ3) is 4.39. The molecule has 3 rings (SSSR count). The van der Waals surface area contributed by atoms with Gasteiger partial charge < -0.3 is 20.3 Å². The van der Waals surface area contributed by atoms with Gasteiger partial charge in [-0.1, -0.05) is 0 Å². The molecule has 0 saturated carbocycles. The SMILES string of the molecule is CC(C)(C)n1nc2c(c1NC(=O)C(=O)NCC[NH+]1CCOCC1)CSC2. The predicted octanol–water partition coefficient (Wildman–Crippen LogP) is -0.645. The summed E-state index contributed by atoms with van der Waals surface area (Å²) in [5, 5.41) is 10.1. The van der Waals surface area contributed by atoms with Gasteiger partial charge in [-0.05, 0) is 20.8 Å². The van der Waals surface area contributed by atoms with Gasteiger partial charge >= 0.3 is 11.8 Å². The van der Waals surface area contributed by atoms with Gasteiger partial charge in [0, 0.05) is 17.1 Å². The molecule has 26 heavy (non-hydrogen) atoms. The summed E-state index contributed by atoms with van der Waals surface area (Å²) in [7, 11) is 0. The van der Waals surface area contributed by atoms with Crippen LogP contribution in [0.4, 0.5) is 5.82 Å². The van der Waals surface area contributed by atoms with Gasteiger partial charge in [0.1, 0.15) is 18.9 Å². The van der Waals surface area contributed by atoms with Crippen LogP contribution >= 0.6 is 11.8 Å². The molecule has 1 saturated heterocycles. The van der Waals surface area contributed by atoms with Crippen LogP contribution in [0.25, 0.3) is 0 Å². The number of fused-ring (bicyclic) bond motifs is 1. The Balaban J connectivity index is 1.58. The van der Waals surface area contributed by atoms with Gasteiger partial charge in [-0.2, -0.15) is 16.9 Å². The number of nitrogens with one attached hydrogen (secondary N) is 3. The molecular formula is C17H28N5O3S+. The maximum atomic E-state index is 12.4. The van der Waals surface area contributed by atoms with Gasteiger partial charge in [0.25, 0.3) is 0 Å². The second kappa shape index (κ2) is 7.98. The molecule has 0 radical (unpaired) electrons. The quantitative estimate of drug-likeness (QED) is 0.603. The molecular weight excluding hydrogens is 354 g/mol. The highest BCUT2D eigenvalue weighted by atomic mass is 32.2. The lowest BCUT2D eigenvalue weighted by Gasteiger charge is -2.24. The van der Waals surface area contributed by atoms with E-state index in [1.165, 1.54) is 4.90 Å². The maximum Gasteiger partial charge on any atom is 0.314 e. The van der Waals surface area contributed by atoms with Crippen molar-refractivity contribution in [2.24, 2.45) is 0 Å². The largest absolute Gasteiger partial charge is 0.370 e. The first kappa shape index (κ1) is 19.2. The van der Waals surface area contributed by atoms with E-state index in [0.29, 0.717) is 12.4 Å². The molecule has 9 heteroatoms. The van der Waals surface area contributed by atoms with Crippen LogP contribution in [0.15, 0.2) is 0 Å². The molecule has 1 fully saturated rings. The summed E-state index contributed by atoms with van der Waals surface area (Å²) in [6.07, 6.45) is 0. The van der Waals surface area contributed by atoms with Crippen LogP contribution in [0.1, 0.15) is 32.0 Å². The number of hydrogen-bond donors (Lipinski definition) is 3. The maximum absolute atomic E-state index is 12.4. The Hall–Kier alpha value is -1.58. The van der Waals surface area contributed by atoms with Crippen molar-refractivity contribution >= 4 is 29.4 Å². The van der Waals surface area contributed by atoms with Crippen LogP contribution in [-0.4, -0.2) is 61.0 Å². The van der Waals surface area contributed by atoms with Gasteiger partial charge in [-0.15, -0.1) is 0 Å². The summed E-state index contributed by atoms with van der Waals surface area (Å²) in [4.78, 5) is 25.9. The molecule has 1 aromatic rings. The minimum absolute atomic E-state index is 0.270. The molecule has 1 aromatic heterocycles. The van der Waals surface area contributed by atoms with E-state index in [1.807, 2.05) is 25.5 Å². The van der Waals surface area contributed by atoms with Crippen LogP contribution in [0, 0.1) is 0 Å². The van der Waals surface area contributed by atoms with Gasteiger partial charge in [0.15, 0.2) is 0 Å². The molecule has 3 heterocycles. The lowest BCUT2D eigenvalue weighted by atomic mass is 10.1. The van der Waals surface area contributed by atoms with E-state index in [1.54, 1.807) is 11.8 Å². The standard InChI is InChI=1S/C17H27N5O3S/c1-17(2,3)22-14(12-10-26-11-13(12)20-22)19-16(24)15(23)18-4-5-21-6-8-25-9-7-21/h4-11H2,1-3H3,(H,18,23)(H,19,24)/p+1. The molecule has 0 spiro atoms. The fourth-order valence-electron chi connectivity index (χ4n) is 3.13. The molecule has 3 N–H and O–H groups in total. The lowest BCUT2D eigenvalue weighted by Crippen LogP contribution is -3.14. The van der Waals surface area contributed by atoms with E-state index in [-0.39, 0.29) is 5.54 Å². The van der Waals surface area contributed by atoms with E-state index in [4.69, 9.17) is 4.74 Å². The van der Waals surface area contributed by atoms with Crippen LogP contribution in [0.5, 0.6) is 0 Å². The molecule has 0 unspecified atom stereocenters. The molecule has 0 atom stereocenters. The molecule has 2 aliphatic heterocycles. The number of morpholine rings is 1. The van der Waals surface area contributed by atoms with Crippen molar-refractivity contribution in [2.75, 3.05) is 44.7 Å². The molecule has 0 bridgehead atoms. The normalized spacial score (nSPS) is 17.8. The second-order valence-corrected chi connectivity index (χ2v) is 8.66. The Kier molecular flexibility index (Phi) is 5.89. The Morgan fingerprint density at radius 3 is 2.65 bits per heavy atom. The molecule has 144 valence electrons. The summed E-state index contributed by atoms with van der Waals surface area (Å²) in [5.74, 6) is 1.07. The molecule has 0 aliphatic carbocycles. The summed E-state index contributed by atoms with van der Waals surface area (Å²) in [6.45, 7) is 10.8. The van der Waals surface area contributed by atoms with E-state index < -0.39 is 11.8 Å². The minimum Gasteiger partial charge on any atom is -0.370 e. The number of ether oxygens (including phenoxy) is 1. The highest BCUT2D eigenvalue weighted by molar-refractivity contribution is 7.98. The Morgan fingerprint density at radius 2 is 1.96 bits per heavy atom. The molecule has 2 aliphatic rings. The van der Waals surface area contributed by atoms with E-state index >= 15 is 0 Å². The van der Waals surface area contributed by atoms with Crippen LogP contribution in [0.2, 0.25) is 0 Å². The molecule has 2 amide bonds. The number of carbonyl (C=O) groups is 2. The zero-order valence-corrected chi connectivity index (χ0v) is 16.5. The number of anilines is 1. The fraction of sp³-hybridized carbons (Fsp3) is 0.706.